The van der Waals surface area contributed by atoms with E-state index >= 15 is 0 Å². The van der Waals surface area contributed by atoms with Crippen LogP contribution in [0.5, 0.6) is 5.75 Å². The van der Waals surface area contributed by atoms with Crippen molar-refractivity contribution in [2.45, 2.75) is 17.2 Å². The predicted octanol–water partition coefficient (Wildman–Crippen LogP) is 4.04. The van der Waals surface area contributed by atoms with Crippen LogP contribution in [-0.4, -0.2) is 23.5 Å². The molecule has 0 spiro atoms. The number of methoxy groups -OCH3 is 1. The smallest absolute Gasteiger partial charge is 0.230 e. The Hall–Kier alpha value is -1.56. The molecule has 0 fully saturated rings. The third kappa shape index (κ3) is 4.22. The summed E-state index contributed by atoms with van der Waals surface area (Å²) in [7, 11) is 1.54. The van der Waals surface area contributed by atoms with E-state index in [0.717, 1.165) is 11.8 Å². The highest BCUT2D eigenvalue weighted by Gasteiger charge is 2.28. The lowest BCUT2D eigenvalue weighted by Crippen LogP contribution is -2.21. The molecule has 0 aliphatic carbocycles. The van der Waals surface area contributed by atoms with Crippen LogP contribution in [0.2, 0.25) is 5.02 Å². The molecule has 3 nitrogen and oxygen atoms in total. The maximum Gasteiger partial charge on any atom is 0.230 e. The zero-order valence-corrected chi connectivity index (χ0v) is 13.3. The van der Waals surface area contributed by atoms with Crippen LogP contribution in [0, 0.1) is 0 Å². The van der Waals surface area contributed by atoms with Gasteiger partial charge in [0.15, 0.2) is 6.17 Å². The van der Waals surface area contributed by atoms with Crippen LogP contribution < -0.4 is 4.74 Å². The summed E-state index contributed by atoms with van der Waals surface area (Å²) in [5.74, 6) is 0.648. The molecule has 0 heterocycles. The first kappa shape index (κ1) is 16.8. The van der Waals surface area contributed by atoms with Gasteiger partial charge in [0.1, 0.15) is 11.9 Å². The molecule has 2 rings (SSSR count). The van der Waals surface area contributed by atoms with Gasteiger partial charge in [0.05, 0.1) is 7.11 Å². The molecule has 1 N–H and O–H groups in total. The van der Waals surface area contributed by atoms with Crippen LogP contribution in [-0.2, 0) is 4.79 Å². The van der Waals surface area contributed by atoms with Gasteiger partial charge in [-0.1, -0.05) is 23.7 Å². The fourth-order valence-corrected chi connectivity index (χ4v) is 2.65. The minimum absolute atomic E-state index is 0.306. The number of aliphatic hydroxyl groups excluding tert-OH is 1. The molecule has 2 atom stereocenters. The highest BCUT2D eigenvalue weighted by atomic mass is 35.5. The van der Waals surface area contributed by atoms with Gasteiger partial charge in [0, 0.05) is 9.92 Å². The fourth-order valence-electron chi connectivity index (χ4n) is 1.77. The van der Waals surface area contributed by atoms with E-state index in [1.54, 1.807) is 24.3 Å². The zero-order chi connectivity index (χ0) is 16.1. The summed E-state index contributed by atoms with van der Waals surface area (Å²) >= 11 is 6.48. The molecular weight excluding hydrogens is 327 g/mol. The van der Waals surface area contributed by atoms with Crippen molar-refractivity contribution in [2.75, 3.05) is 7.11 Å². The molecular formula is C16H14ClFO3S. The molecule has 0 amide bonds. The maximum absolute atomic E-state index is 14.1. The number of hydrogen-bond acceptors (Lipinski definition) is 4. The van der Waals surface area contributed by atoms with Crippen LogP contribution in [0.25, 0.3) is 0 Å². The number of carbonyl (C=O) groups is 1. The van der Waals surface area contributed by atoms with Crippen molar-refractivity contribution in [1.82, 2.24) is 0 Å². The monoisotopic (exact) mass is 340 g/mol. The van der Waals surface area contributed by atoms with E-state index in [2.05, 4.69) is 0 Å². The number of halogens is 2. The van der Waals surface area contributed by atoms with Crippen LogP contribution in [0.3, 0.4) is 0 Å². The Balaban J connectivity index is 2.02. The number of hydrogen-bond donors (Lipinski definition) is 1. The summed E-state index contributed by atoms with van der Waals surface area (Å²) in [6.07, 6.45) is -3.54. The van der Waals surface area contributed by atoms with Gasteiger partial charge < -0.3 is 9.84 Å². The SMILES string of the molecule is COc1ccc(SC(=O)[C@H](F)[C@@H](O)c2ccc(Cl)cc2)cc1. The number of thioether (sulfide) groups is 1. The van der Waals surface area contributed by atoms with Gasteiger partial charge in [-0.25, -0.2) is 4.39 Å². The average Bonchev–Trinajstić information content (AvgIpc) is 2.55. The number of carbonyl (C=O) groups excluding carboxylic acids is 1. The average molecular weight is 341 g/mol. The molecule has 0 saturated carbocycles. The first-order valence-corrected chi connectivity index (χ1v) is 7.64. The number of aliphatic hydroxyl groups is 1. The Kier molecular flexibility index (Phi) is 5.83. The molecule has 0 radical (unpaired) electrons. The lowest BCUT2D eigenvalue weighted by Gasteiger charge is -2.15. The van der Waals surface area contributed by atoms with Crippen molar-refractivity contribution >= 4 is 28.5 Å². The van der Waals surface area contributed by atoms with Crippen LogP contribution >= 0.6 is 23.4 Å². The third-order valence-electron chi connectivity index (χ3n) is 2.99. The fraction of sp³-hybridized carbons (Fsp3) is 0.188. The van der Waals surface area contributed by atoms with E-state index in [-0.39, 0.29) is 0 Å². The summed E-state index contributed by atoms with van der Waals surface area (Å²) in [4.78, 5) is 12.5. The normalized spacial score (nSPS) is 13.5. The first-order chi connectivity index (χ1) is 10.5. The zero-order valence-electron chi connectivity index (χ0n) is 11.7. The van der Waals surface area contributed by atoms with Gasteiger partial charge in [0.25, 0.3) is 0 Å². The Morgan fingerprint density at radius 2 is 1.77 bits per heavy atom. The summed E-state index contributed by atoms with van der Waals surface area (Å²) in [6.45, 7) is 0. The molecule has 0 saturated heterocycles. The molecule has 116 valence electrons. The molecule has 0 aromatic heterocycles. The molecule has 0 aliphatic heterocycles. The number of benzene rings is 2. The van der Waals surface area contributed by atoms with Gasteiger partial charge in [-0.15, -0.1) is 0 Å². The van der Waals surface area contributed by atoms with Gasteiger partial charge in [-0.2, -0.15) is 0 Å². The molecule has 2 aromatic carbocycles. The minimum atomic E-state index is -2.02. The molecule has 0 unspecified atom stereocenters. The van der Waals surface area contributed by atoms with Crippen molar-refractivity contribution in [3.05, 3.63) is 59.1 Å². The lowest BCUT2D eigenvalue weighted by molar-refractivity contribution is -0.119. The number of rotatable bonds is 5. The Bertz CT molecular complexity index is 631. The Morgan fingerprint density at radius 3 is 2.32 bits per heavy atom. The molecule has 0 bridgehead atoms. The number of ether oxygens (including phenoxy) is 1. The van der Waals surface area contributed by atoms with Crippen molar-refractivity contribution in [3.8, 4) is 5.75 Å². The summed E-state index contributed by atoms with van der Waals surface area (Å²) in [6, 6.07) is 12.7. The lowest BCUT2D eigenvalue weighted by atomic mass is 10.1. The number of alkyl halides is 1. The van der Waals surface area contributed by atoms with Crippen LogP contribution in [0.1, 0.15) is 11.7 Å². The van der Waals surface area contributed by atoms with Crippen molar-refractivity contribution in [2.24, 2.45) is 0 Å². The second-order valence-corrected chi connectivity index (χ2v) is 6.01. The van der Waals surface area contributed by atoms with Crippen LogP contribution in [0.4, 0.5) is 4.39 Å². The topological polar surface area (TPSA) is 46.5 Å². The van der Waals surface area contributed by atoms with E-state index in [0.29, 0.717) is 21.2 Å². The molecule has 0 aliphatic rings. The van der Waals surface area contributed by atoms with Gasteiger partial charge >= 0.3 is 0 Å². The van der Waals surface area contributed by atoms with Crippen molar-refractivity contribution in [3.63, 3.8) is 0 Å². The molecule has 2 aromatic rings. The standard InChI is InChI=1S/C16H14ClFO3S/c1-21-12-6-8-13(9-7-12)22-16(20)14(18)15(19)10-2-4-11(17)5-3-10/h2-9,14-15,19H,1H3/t14-,15+/m1/s1. The van der Waals surface area contributed by atoms with Crippen LogP contribution in [0.15, 0.2) is 53.4 Å². The van der Waals surface area contributed by atoms with E-state index in [4.69, 9.17) is 16.3 Å². The Morgan fingerprint density at radius 1 is 1.18 bits per heavy atom. The molecule has 22 heavy (non-hydrogen) atoms. The first-order valence-electron chi connectivity index (χ1n) is 6.44. The minimum Gasteiger partial charge on any atom is -0.497 e. The van der Waals surface area contributed by atoms with Gasteiger partial charge in [-0.05, 0) is 53.7 Å². The maximum atomic E-state index is 14.1. The van der Waals surface area contributed by atoms with E-state index in [9.17, 15) is 14.3 Å². The second-order valence-electron chi connectivity index (χ2n) is 4.49. The highest BCUT2D eigenvalue weighted by Crippen LogP contribution is 2.29. The summed E-state index contributed by atoms with van der Waals surface area (Å²) in [5.41, 5.74) is 0.306. The van der Waals surface area contributed by atoms with E-state index < -0.39 is 17.4 Å². The van der Waals surface area contributed by atoms with E-state index in [1.807, 2.05) is 0 Å². The third-order valence-corrected chi connectivity index (χ3v) is 4.18. The molecule has 6 heteroatoms. The van der Waals surface area contributed by atoms with E-state index in [1.165, 1.54) is 31.4 Å². The summed E-state index contributed by atoms with van der Waals surface area (Å²) < 4.78 is 19.1. The van der Waals surface area contributed by atoms with Gasteiger partial charge in [-0.3, -0.25) is 4.79 Å². The summed E-state index contributed by atoms with van der Waals surface area (Å²) in [5, 5.41) is 9.66. The van der Waals surface area contributed by atoms with Gasteiger partial charge in [0.2, 0.25) is 5.12 Å². The quantitative estimate of drug-likeness (QED) is 0.834. The largest absolute Gasteiger partial charge is 0.497 e. The van der Waals surface area contributed by atoms with Crippen molar-refractivity contribution < 1.29 is 19.0 Å². The predicted molar refractivity (Wildman–Crippen MR) is 85.2 cm³/mol. The van der Waals surface area contributed by atoms with Crippen molar-refractivity contribution in [1.29, 1.82) is 0 Å². The Labute approximate surface area is 137 Å². The second kappa shape index (κ2) is 7.63. The highest BCUT2D eigenvalue weighted by molar-refractivity contribution is 8.13.